The number of nitriles is 1. The van der Waals surface area contributed by atoms with Gasteiger partial charge in [0.15, 0.2) is 12.6 Å². The molecule has 0 radical (unpaired) electrons. The molecule has 0 saturated carbocycles. The first-order valence-electron chi connectivity index (χ1n) is 10.9. The van der Waals surface area contributed by atoms with Crippen LogP contribution in [0.15, 0.2) is 79.0 Å². The maximum absolute atomic E-state index is 10.1. The molecule has 0 spiro atoms. The minimum absolute atomic E-state index is 0.211. The van der Waals surface area contributed by atoms with Crippen molar-refractivity contribution in [2.45, 2.75) is 43.4 Å². The summed E-state index contributed by atoms with van der Waals surface area (Å²) in [6.07, 6.45) is -1.28. The Morgan fingerprint density at radius 3 is 1.85 bits per heavy atom. The van der Waals surface area contributed by atoms with Crippen molar-refractivity contribution in [3.63, 3.8) is 0 Å². The Labute approximate surface area is 192 Å². The van der Waals surface area contributed by atoms with Crippen molar-refractivity contribution in [3.8, 4) is 6.07 Å². The number of rotatable bonds is 5. The van der Waals surface area contributed by atoms with Gasteiger partial charge in [-0.15, -0.1) is 0 Å². The van der Waals surface area contributed by atoms with E-state index in [2.05, 4.69) is 11.1 Å². The van der Waals surface area contributed by atoms with Crippen LogP contribution in [0.4, 0.5) is 0 Å². The highest BCUT2D eigenvalue weighted by atomic mass is 16.8. The Balaban J connectivity index is 1.46. The molecule has 2 aliphatic rings. The summed E-state index contributed by atoms with van der Waals surface area (Å²) in [4.78, 5) is 4.42. The molecule has 1 N–H and O–H groups in total. The molecule has 2 aliphatic heterocycles. The van der Waals surface area contributed by atoms with E-state index in [1.807, 2.05) is 66.7 Å². The van der Waals surface area contributed by atoms with Crippen LogP contribution >= 0.6 is 0 Å². The molecule has 2 saturated heterocycles. The largest absolute Gasteiger partial charge is 0.394 e. The summed E-state index contributed by atoms with van der Waals surface area (Å²) in [6, 6.07) is 24.9. The topological polar surface area (TPSA) is 93.8 Å². The Morgan fingerprint density at radius 2 is 1.33 bits per heavy atom. The number of fused-ring (bicyclic) bond motifs is 1. The second kappa shape index (κ2) is 9.79. The first-order chi connectivity index (χ1) is 16.2. The van der Waals surface area contributed by atoms with Crippen molar-refractivity contribution in [1.82, 2.24) is 4.98 Å². The molecule has 33 heavy (non-hydrogen) atoms. The summed E-state index contributed by atoms with van der Waals surface area (Å²) >= 11 is 0. The second-order valence-corrected chi connectivity index (χ2v) is 8.07. The number of hydrogen-bond donors (Lipinski definition) is 1. The Morgan fingerprint density at radius 1 is 0.758 bits per heavy atom. The van der Waals surface area contributed by atoms with Gasteiger partial charge >= 0.3 is 0 Å². The Kier molecular flexibility index (Phi) is 6.44. The zero-order chi connectivity index (χ0) is 22.6. The molecule has 6 unspecified atom stereocenters. The van der Waals surface area contributed by atoms with Crippen molar-refractivity contribution >= 4 is 0 Å². The van der Waals surface area contributed by atoms with E-state index in [-0.39, 0.29) is 6.61 Å². The molecule has 3 heterocycles. The van der Waals surface area contributed by atoms with Crippen molar-refractivity contribution in [2.24, 2.45) is 0 Å². The molecule has 7 heteroatoms. The standard InChI is InChI=1S/C26H24N2O5/c27-14-17-11-12-20(28-15-17)13-21-23-24(33-25(30-21)18-7-3-1-4-8-18)22(16-29)31-26(32-23)19-9-5-2-6-10-19/h1-12,15,21-26,29H,13,16H2. The van der Waals surface area contributed by atoms with Crippen LogP contribution in [-0.4, -0.2) is 41.1 Å². The molecule has 3 aromatic rings. The third kappa shape index (κ3) is 4.67. The van der Waals surface area contributed by atoms with E-state index in [0.29, 0.717) is 12.0 Å². The molecule has 0 amide bonds. The minimum Gasteiger partial charge on any atom is -0.394 e. The molecule has 5 rings (SSSR count). The minimum atomic E-state index is -0.651. The van der Waals surface area contributed by atoms with E-state index < -0.39 is 37.0 Å². The molecule has 2 aromatic carbocycles. The Bertz CT molecular complexity index is 1090. The van der Waals surface area contributed by atoms with Gasteiger partial charge in [0.25, 0.3) is 0 Å². The quantitative estimate of drug-likeness (QED) is 0.644. The lowest BCUT2D eigenvalue weighted by molar-refractivity contribution is -0.384. The van der Waals surface area contributed by atoms with Gasteiger partial charge in [-0.3, -0.25) is 4.98 Å². The van der Waals surface area contributed by atoms with E-state index in [0.717, 1.165) is 16.8 Å². The van der Waals surface area contributed by atoms with Gasteiger partial charge in [-0.2, -0.15) is 5.26 Å². The normalized spacial score (nSPS) is 29.1. The first-order valence-corrected chi connectivity index (χ1v) is 10.9. The predicted molar refractivity (Wildman–Crippen MR) is 118 cm³/mol. The fourth-order valence-electron chi connectivity index (χ4n) is 4.24. The molecular weight excluding hydrogens is 420 g/mol. The van der Waals surface area contributed by atoms with Gasteiger partial charge in [0.2, 0.25) is 0 Å². The zero-order valence-electron chi connectivity index (χ0n) is 17.9. The lowest BCUT2D eigenvalue weighted by Gasteiger charge is -2.49. The summed E-state index contributed by atoms with van der Waals surface area (Å²) in [7, 11) is 0. The van der Waals surface area contributed by atoms with Crippen LogP contribution in [0, 0.1) is 11.3 Å². The lowest BCUT2D eigenvalue weighted by Crippen LogP contribution is -2.59. The number of benzene rings is 2. The average Bonchev–Trinajstić information content (AvgIpc) is 2.89. The van der Waals surface area contributed by atoms with Crippen LogP contribution < -0.4 is 0 Å². The van der Waals surface area contributed by atoms with Crippen LogP contribution in [0.3, 0.4) is 0 Å². The molecule has 0 bridgehead atoms. The van der Waals surface area contributed by atoms with Crippen LogP contribution in [0.2, 0.25) is 0 Å². The van der Waals surface area contributed by atoms with Gasteiger partial charge in [-0.1, -0.05) is 60.7 Å². The maximum Gasteiger partial charge on any atom is 0.184 e. The molecule has 6 atom stereocenters. The van der Waals surface area contributed by atoms with Crippen molar-refractivity contribution in [3.05, 3.63) is 101 Å². The summed E-state index contributed by atoms with van der Waals surface area (Å²) in [5, 5.41) is 19.2. The van der Waals surface area contributed by atoms with Gasteiger partial charge in [-0.25, -0.2) is 0 Å². The third-order valence-corrected chi connectivity index (χ3v) is 5.90. The van der Waals surface area contributed by atoms with E-state index in [1.165, 1.54) is 0 Å². The SMILES string of the molecule is N#Cc1ccc(CC2OC(c3ccccc3)OC3C(CO)OC(c4ccccc4)OC23)nc1. The number of aromatic nitrogens is 1. The second-order valence-electron chi connectivity index (χ2n) is 8.07. The maximum atomic E-state index is 10.1. The van der Waals surface area contributed by atoms with Crippen molar-refractivity contribution in [2.75, 3.05) is 6.61 Å². The van der Waals surface area contributed by atoms with Gasteiger partial charge in [0.1, 0.15) is 24.4 Å². The van der Waals surface area contributed by atoms with Crippen LogP contribution in [-0.2, 0) is 25.4 Å². The average molecular weight is 444 g/mol. The van der Waals surface area contributed by atoms with Gasteiger partial charge < -0.3 is 24.1 Å². The smallest absolute Gasteiger partial charge is 0.184 e. The van der Waals surface area contributed by atoms with Crippen LogP contribution in [0.1, 0.15) is 35.0 Å². The van der Waals surface area contributed by atoms with Crippen molar-refractivity contribution in [1.29, 1.82) is 5.26 Å². The van der Waals surface area contributed by atoms with Crippen LogP contribution in [0.5, 0.6) is 0 Å². The van der Waals surface area contributed by atoms with E-state index in [4.69, 9.17) is 24.2 Å². The van der Waals surface area contributed by atoms with E-state index >= 15 is 0 Å². The van der Waals surface area contributed by atoms with Gasteiger partial charge in [-0.05, 0) is 12.1 Å². The summed E-state index contributed by atoms with van der Waals surface area (Å²) < 4.78 is 25.1. The Hall–Kier alpha value is -3.12. The number of ether oxygens (including phenoxy) is 4. The van der Waals surface area contributed by atoms with E-state index in [9.17, 15) is 5.11 Å². The number of aliphatic hydroxyl groups is 1. The number of nitrogens with zero attached hydrogens (tertiary/aromatic N) is 2. The van der Waals surface area contributed by atoms with E-state index in [1.54, 1.807) is 12.3 Å². The molecule has 1 aromatic heterocycles. The lowest BCUT2D eigenvalue weighted by atomic mass is 9.95. The number of hydrogen-bond acceptors (Lipinski definition) is 7. The number of pyridine rings is 1. The van der Waals surface area contributed by atoms with Gasteiger partial charge in [0.05, 0.1) is 18.3 Å². The summed E-state index contributed by atoms with van der Waals surface area (Å²) in [5.74, 6) is 0. The predicted octanol–water partition coefficient (Wildman–Crippen LogP) is 3.45. The molecule has 168 valence electrons. The highest BCUT2D eigenvalue weighted by Crippen LogP contribution is 2.41. The molecule has 7 nitrogen and oxygen atoms in total. The third-order valence-electron chi connectivity index (χ3n) is 5.90. The van der Waals surface area contributed by atoms with Crippen molar-refractivity contribution < 1.29 is 24.1 Å². The van der Waals surface area contributed by atoms with Gasteiger partial charge in [0, 0.05) is 29.4 Å². The molecule has 0 aliphatic carbocycles. The highest BCUT2D eigenvalue weighted by molar-refractivity contribution is 5.27. The summed E-state index contributed by atoms with van der Waals surface area (Å²) in [5.41, 5.74) is 3.00. The van der Waals surface area contributed by atoms with Crippen LogP contribution in [0.25, 0.3) is 0 Å². The monoisotopic (exact) mass is 444 g/mol. The fourth-order valence-corrected chi connectivity index (χ4v) is 4.24. The molecule has 2 fully saturated rings. The zero-order valence-corrected chi connectivity index (χ0v) is 17.9. The first kappa shape index (κ1) is 21.7. The summed E-state index contributed by atoms with van der Waals surface area (Å²) in [6.45, 7) is -0.211. The highest BCUT2D eigenvalue weighted by Gasteiger charge is 2.50. The number of aliphatic hydroxyl groups excluding tert-OH is 1. The fraction of sp³-hybridized carbons (Fsp3) is 0.308. The molecular formula is C26H24N2O5.